The predicted octanol–water partition coefficient (Wildman–Crippen LogP) is 3.08. The van der Waals surface area contributed by atoms with Gasteiger partial charge in [0.1, 0.15) is 0 Å². The SMILES string of the molecule is C1=C(CCCCCCC2=CCCN2)NCC1. The minimum atomic E-state index is 1.16. The van der Waals surface area contributed by atoms with Crippen LogP contribution in [0, 0.1) is 0 Å². The van der Waals surface area contributed by atoms with Gasteiger partial charge in [-0.05, 0) is 38.5 Å². The molecule has 2 aliphatic heterocycles. The van der Waals surface area contributed by atoms with Crippen LogP contribution in [0.4, 0.5) is 0 Å². The fourth-order valence-corrected chi connectivity index (χ4v) is 2.47. The van der Waals surface area contributed by atoms with Gasteiger partial charge in [0.05, 0.1) is 0 Å². The summed E-state index contributed by atoms with van der Waals surface area (Å²) in [7, 11) is 0. The number of rotatable bonds is 7. The second-order valence-corrected chi connectivity index (χ2v) is 4.80. The van der Waals surface area contributed by atoms with Crippen LogP contribution < -0.4 is 10.6 Å². The van der Waals surface area contributed by atoms with Crippen LogP contribution in [0.1, 0.15) is 51.4 Å². The quantitative estimate of drug-likeness (QED) is 0.644. The molecule has 0 saturated heterocycles. The summed E-state index contributed by atoms with van der Waals surface area (Å²) >= 11 is 0. The first-order chi connectivity index (χ1) is 7.95. The Labute approximate surface area is 99.2 Å². The van der Waals surface area contributed by atoms with Gasteiger partial charge in [0, 0.05) is 24.5 Å². The number of hydrogen-bond acceptors (Lipinski definition) is 2. The van der Waals surface area contributed by atoms with E-state index in [1.54, 1.807) is 0 Å². The molecule has 2 heterocycles. The summed E-state index contributed by atoms with van der Waals surface area (Å²) in [6.45, 7) is 2.32. The molecule has 2 aliphatic rings. The number of unbranched alkanes of at least 4 members (excludes halogenated alkanes) is 3. The molecule has 16 heavy (non-hydrogen) atoms. The summed E-state index contributed by atoms with van der Waals surface area (Å²) in [4.78, 5) is 0. The van der Waals surface area contributed by atoms with Crippen molar-refractivity contribution in [2.45, 2.75) is 51.4 Å². The lowest BCUT2D eigenvalue weighted by Gasteiger charge is -2.05. The van der Waals surface area contributed by atoms with E-state index in [4.69, 9.17) is 0 Å². The fourth-order valence-electron chi connectivity index (χ4n) is 2.47. The van der Waals surface area contributed by atoms with E-state index in [0.29, 0.717) is 0 Å². The van der Waals surface area contributed by atoms with Gasteiger partial charge in [0.2, 0.25) is 0 Å². The molecule has 2 nitrogen and oxygen atoms in total. The van der Waals surface area contributed by atoms with Gasteiger partial charge in [-0.3, -0.25) is 0 Å². The van der Waals surface area contributed by atoms with Crippen LogP contribution in [0.3, 0.4) is 0 Å². The largest absolute Gasteiger partial charge is 0.388 e. The Morgan fingerprint density at radius 2 is 1.25 bits per heavy atom. The van der Waals surface area contributed by atoms with E-state index in [9.17, 15) is 0 Å². The summed E-state index contributed by atoms with van der Waals surface area (Å²) in [5.74, 6) is 0. The fraction of sp³-hybridized carbons (Fsp3) is 0.714. The Morgan fingerprint density at radius 1 is 0.750 bits per heavy atom. The summed E-state index contributed by atoms with van der Waals surface area (Å²) in [6, 6.07) is 0. The van der Waals surface area contributed by atoms with Crippen LogP contribution in [0.2, 0.25) is 0 Å². The van der Waals surface area contributed by atoms with E-state index < -0.39 is 0 Å². The molecule has 0 atom stereocenters. The van der Waals surface area contributed by atoms with E-state index >= 15 is 0 Å². The van der Waals surface area contributed by atoms with E-state index in [-0.39, 0.29) is 0 Å². The maximum atomic E-state index is 3.43. The Kier molecular flexibility index (Phi) is 4.78. The van der Waals surface area contributed by atoms with E-state index in [0.717, 1.165) is 13.1 Å². The molecular formula is C14H24N2. The molecule has 0 aromatic rings. The molecule has 0 amide bonds. The Morgan fingerprint density at radius 3 is 1.62 bits per heavy atom. The average Bonchev–Trinajstić information content (AvgIpc) is 2.96. The van der Waals surface area contributed by atoms with Gasteiger partial charge in [-0.1, -0.05) is 25.0 Å². The first-order valence-corrected chi connectivity index (χ1v) is 6.81. The zero-order valence-corrected chi connectivity index (χ0v) is 10.2. The van der Waals surface area contributed by atoms with Crippen molar-refractivity contribution in [1.82, 2.24) is 10.6 Å². The first kappa shape index (κ1) is 11.6. The van der Waals surface area contributed by atoms with Crippen molar-refractivity contribution >= 4 is 0 Å². The second kappa shape index (κ2) is 6.62. The molecule has 0 aliphatic carbocycles. The normalized spacial score (nSPS) is 19.0. The van der Waals surface area contributed by atoms with Crippen LogP contribution in [-0.4, -0.2) is 13.1 Å². The molecule has 0 radical (unpaired) electrons. The molecule has 0 bridgehead atoms. The maximum Gasteiger partial charge on any atom is 0.0179 e. The summed E-state index contributed by atoms with van der Waals surface area (Å²) < 4.78 is 0. The molecule has 0 fully saturated rings. The monoisotopic (exact) mass is 220 g/mol. The van der Waals surface area contributed by atoms with Gasteiger partial charge in [-0.15, -0.1) is 0 Å². The van der Waals surface area contributed by atoms with Crippen LogP contribution in [-0.2, 0) is 0 Å². The number of hydrogen-bond donors (Lipinski definition) is 2. The van der Waals surface area contributed by atoms with Gasteiger partial charge in [0.15, 0.2) is 0 Å². The van der Waals surface area contributed by atoms with Crippen molar-refractivity contribution < 1.29 is 0 Å². The van der Waals surface area contributed by atoms with Gasteiger partial charge in [-0.2, -0.15) is 0 Å². The third kappa shape index (κ3) is 3.92. The molecule has 0 unspecified atom stereocenters. The smallest absolute Gasteiger partial charge is 0.0179 e. The third-order valence-corrected chi connectivity index (χ3v) is 3.42. The van der Waals surface area contributed by atoms with Crippen LogP contribution in [0.15, 0.2) is 23.5 Å². The van der Waals surface area contributed by atoms with E-state index in [1.807, 2.05) is 0 Å². The molecule has 0 aromatic heterocycles. The lowest BCUT2D eigenvalue weighted by molar-refractivity contribution is 0.618. The molecule has 2 rings (SSSR count). The molecule has 0 spiro atoms. The minimum Gasteiger partial charge on any atom is -0.388 e. The second-order valence-electron chi connectivity index (χ2n) is 4.80. The zero-order chi connectivity index (χ0) is 11.1. The van der Waals surface area contributed by atoms with Crippen molar-refractivity contribution in [1.29, 1.82) is 0 Å². The number of nitrogens with one attached hydrogen (secondary N) is 2. The molecule has 2 heteroatoms. The van der Waals surface area contributed by atoms with Gasteiger partial charge in [-0.25, -0.2) is 0 Å². The van der Waals surface area contributed by atoms with Crippen molar-refractivity contribution in [3.8, 4) is 0 Å². The van der Waals surface area contributed by atoms with Gasteiger partial charge in [0.25, 0.3) is 0 Å². The Balaban J connectivity index is 1.43. The Hall–Kier alpha value is -0.920. The summed E-state index contributed by atoms with van der Waals surface area (Å²) in [5.41, 5.74) is 2.97. The van der Waals surface area contributed by atoms with Crippen molar-refractivity contribution in [3.63, 3.8) is 0 Å². The van der Waals surface area contributed by atoms with Crippen LogP contribution in [0.25, 0.3) is 0 Å². The van der Waals surface area contributed by atoms with Crippen molar-refractivity contribution in [2.75, 3.05) is 13.1 Å². The minimum absolute atomic E-state index is 1.16. The summed E-state index contributed by atoms with van der Waals surface area (Å²) in [5, 5.41) is 6.87. The van der Waals surface area contributed by atoms with Gasteiger partial charge < -0.3 is 10.6 Å². The predicted molar refractivity (Wildman–Crippen MR) is 69.1 cm³/mol. The highest BCUT2D eigenvalue weighted by Crippen LogP contribution is 2.15. The molecule has 0 saturated carbocycles. The average molecular weight is 220 g/mol. The zero-order valence-electron chi connectivity index (χ0n) is 10.2. The van der Waals surface area contributed by atoms with E-state index in [1.165, 1.54) is 62.8 Å². The molecule has 0 aromatic carbocycles. The topological polar surface area (TPSA) is 24.1 Å². The molecular weight excluding hydrogens is 196 g/mol. The highest BCUT2D eigenvalue weighted by atomic mass is 14.9. The number of allylic oxidation sites excluding steroid dienone is 2. The molecule has 2 N–H and O–H groups in total. The van der Waals surface area contributed by atoms with E-state index in [2.05, 4.69) is 22.8 Å². The Bertz CT molecular complexity index is 238. The highest BCUT2D eigenvalue weighted by Gasteiger charge is 2.03. The lowest BCUT2D eigenvalue weighted by Crippen LogP contribution is -2.07. The first-order valence-electron chi connectivity index (χ1n) is 6.81. The third-order valence-electron chi connectivity index (χ3n) is 3.42. The highest BCUT2D eigenvalue weighted by molar-refractivity contribution is 5.05. The summed E-state index contributed by atoms with van der Waals surface area (Å²) in [6.07, 6.45) is 15.2. The maximum absolute atomic E-state index is 3.43. The molecule has 90 valence electrons. The van der Waals surface area contributed by atoms with Crippen molar-refractivity contribution in [3.05, 3.63) is 23.5 Å². The van der Waals surface area contributed by atoms with Crippen molar-refractivity contribution in [2.24, 2.45) is 0 Å². The van der Waals surface area contributed by atoms with Crippen LogP contribution in [0.5, 0.6) is 0 Å². The van der Waals surface area contributed by atoms with Crippen LogP contribution >= 0.6 is 0 Å². The standard InChI is InChI=1S/C14H24N2/c1(3-7-13-9-5-11-15-13)2-4-8-14-10-6-12-16-14/h9-10,15-16H,1-8,11-12H2. The van der Waals surface area contributed by atoms with Gasteiger partial charge >= 0.3 is 0 Å². The lowest BCUT2D eigenvalue weighted by atomic mass is 10.1.